The van der Waals surface area contributed by atoms with Crippen LogP contribution in [0.15, 0.2) is 96.4 Å². The van der Waals surface area contributed by atoms with E-state index in [2.05, 4.69) is 51.9 Å². The number of hydrogen-bond donors (Lipinski definition) is 2. The van der Waals surface area contributed by atoms with Gasteiger partial charge in [-0.05, 0) is 53.1 Å². The largest absolute Gasteiger partial charge is 0.371 e. The summed E-state index contributed by atoms with van der Waals surface area (Å²) in [6, 6.07) is 30.2. The maximum absolute atomic E-state index is 13.1. The number of carbonyl (C=O) groups excluding carboxylic acids is 2. The van der Waals surface area contributed by atoms with Crippen molar-refractivity contribution in [1.29, 1.82) is 0 Å². The molecular formula is C30H29N3O2S. The van der Waals surface area contributed by atoms with E-state index in [4.69, 9.17) is 0 Å². The summed E-state index contributed by atoms with van der Waals surface area (Å²) >= 11 is 1.46. The summed E-state index contributed by atoms with van der Waals surface area (Å²) in [5.41, 5.74) is 5.02. The summed E-state index contributed by atoms with van der Waals surface area (Å²) in [6.07, 6.45) is 1.70. The summed E-state index contributed by atoms with van der Waals surface area (Å²) in [5, 5.41) is 8.15. The highest BCUT2D eigenvalue weighted by Crippen LogP contribution is 2.25. The van der Waals surface area contributed by atoms with Crippen LogP contribution in [0.4, 0.5) is 5.69 Å². The molecule has 5 rings (SSSR count). The van der Waals surface area contributed by atoms with Gasteiger partial charge >= 0.3 is 0 Å². The third-order valence-corrected chi connectivity index (χ3v) is 7.45. The molecule has 2 heterocycles. The molecule has 2 amide bonds. The molecular weight excluding hydrogens is 466 g/mol. The van der Waals surface area contributed by atoms with Gasteiger partial charge < -0.3 is 15.5 Å². The van der Waals surface area contributed by atoms with Crippen LogP contribution >= 0.6 is 11.3 Å². The molecule has 0 aliphatic carbocycles. The first-order valence-corrected chi connectivity index (χ1v) is 13.2. The highest BCUT2D eigenvalue weighted by Gasteiger charge is 2.24. The first kappa shape index (κ1) is 23.8. The van der Waals surface area contributed by atoms with Gasteiger partial charge in [-0.3, -0.25) is 9.59 Å². The second-order valence-corrected chi connectivity index (χ2v) is 9.92. The Morgan fingerprint density at radius 1 is 0.778 bits per heavy atom. The Balaban J connectivity index is 1.17. The predicted molar refractivity (Wildman–Crippen MR) is 147 cm³/mol. The van der Waals surface area contributed by atoms with Gasteiger partial charge in [-0.25, -0.2) is 0 Å². The van der Waals surface area contributed by atoms with Crippen LogP contribution < -0.4 is 15.5 Å². The molecule has 1 fully saturated rings. The lowest BCUT2D eigenvalue weighted by molar-refractivity contribution is 0.0933. The summed E-state index contributed by atoms with van der Waals surface area (Å²) in [4.78, 5) is 28.5. The van der Waals surface area contributed by atoms with Crippen LogP contribution in [0, 0.1) is 0 Å². The molecule has 3 aromatic carbocycles. The second kappa shape index (κ2) is 11.2. The van der Waals surface area contributed by atoms with Crippen molar-refractivity contribution >= 4 is 28.8 Å². The second-order valence-electron chi connectivity index (χ2n) is 8.97. The molecule has 5 nitrogen and oxygen atoms in total. The third kappa shape index (κ3) is 5.66. The fourth-order valence-corrected chi connectivity index (χ4v) is 5.22. The summed E-state index contributed by atoms with van der Waals surface area (Å²) in [6.45, 7) is 2.06. The lowest BCUT2D eigenvalue weighted by Gasteiger charge is -2.34. The average Bonchev–Trinajstić information content (AvgIpc) is 3.49. The quantitative estimate of drug-likeness (QED) is 0.344. The fourth-order valence-electron chi connectivity index (χ4n) is 4.59. The zero-order valence-corrected chi connectivity index (χ0v) is 20.8. The number of benzene rings is 3. The molecule has 1 saturated heterocycles. The molecule has 36 heavy (non-hydrogen) atoms. The smallest absolute Gasteiger partial charge is 0.261 e. The summed E-state index contributed by atoms with van der Waals surface area (Å²) in [5.74, 6) is -0.0779. The van der Waals surface area contributed by atoms with E-state index >= 15 is 0 Å². The number of hydrogen-bond acceptors (Lipinski definition) is 4. The topological polar surface area (TPSA) is 61.4 Å². The van der Waals surface area contributed by atoms with Gasteiger partial charge in [0.05, 0.1) is 10.4 Å². The number of carbonyl (C=O) groups is 2. The zero-order chi connectivity index (χ0) is 24.7. The Morgan fingerprint density at radius 2 is 1.47 bits per heavy atom. The lowest BCUT2D eigenvalue weighted by atomic mass is 10.0. The minimum atomic E-state index is -0.0779. The zero-order valence-electron chi connectivity index (χ0n) is 20.0. The molecule has 182 valence electrons. The van der Waals surface area contributed by atoms with E-state index in [0.717, 1.165) is 47.6 Å². The van der Waals surface area contributed by atoms with Crippen molar-refractivity contribution in [2.75, 3.05) is 18.0 Å². The molecule has 1 aliphatic rings. The van der Waals surface area contributed by atoms with Gasteiger partial charge in [-0.15, -0.1) is 11.3 Å². The lowest BCUT2D eigenvalue weighted by Crippen LogP contribution is -2.45. The number of nitrogens with zero attached hydrogens (tertiary/aromatic N) is 1. The van der Waals surface area contributed by atoms with Crippen LogP contribution in [0.5, 0.6) is 0 Å². The minimum absolute atomic E-state index is 0.0000269. The first-order chi connectivity index (χ1) is 17.7. The molecule has 0 bridgehead atoms. The van der Waals surface area contributed by atoms with Gasteiger partial charge in [0.15, 0.2) is 0 Å². The monoisotopic (exact) mass is 495 g/mol. The predicted octanol–water partition coefficient (Wildman–Crippen LogP) is 5.74. The van der Waals surface area contributed by atoms with Crippen molar-refractivity contribution in [2.45, 2.75) is 25.4 Å². The Bertz CT molecular complexity index is 1300. The molecule has 6 heteroatoms. The van der Waals surface area contributed by atoms with E-state index in [9.17, 15) is 9.59 Å². The van der Waals surface area contributed by atoms with Crippen LogP contribution in [0.2, 0.25) is 0 Å². The summed E-state index contributed by atoms with van der Waals surface area (Å²) in [7, 11) is 0. The van der Waals surface area contributed by atoms with E-state index < -0.39 is 0 Å². The Hall–Kier alpha value is -3.90. The fraction of sp³-hybridized carbons (Fsp3) is 0.200. The van der Waals surface area contributed by atoms with Gasteiger partial charge in [0.25, 0.3) is 11.8 Å². The van der Waals surface area contributed by atoms with Gasteiger partial charge in [0, 0.05) is 31.4 Å². The molecule has 0 atom stereocenters. The van der Waals surface area contributed by atoms with Crippen molar-refractivity contribution in [3.8, 4) is 11.1 Å². The molecule has 1 aliphatic heterocycles. The number of nitrogens with one attached hydrogen (secondary N) is 2. The number of rotatable bonds is 7. The molecule has 4 aromatic rings. The normalized spacial score (nSPS) is 13.8. The third-order valence-electron chi connectivity index (χ3n) is 6.58. The van der Waals surface area contributed by atoms with E-state index in [-0.39, 0.29) is 17.9 Å². The van der Waals surface area contributed by atoms with Crippen LogP contribution in [-0.2, 0) is 6.54 Å². The highest BCUT2D eigenvalue weighted by molar-refractivity contribution is 7.12. The van der Waals surface area contributed by atoms with Crippen LogP contribution in [0.25, 0.3) is 11.1 Å². The van der Waals surface area contributed by atoms with Crippen molar-refractivity contribution < 1.29 is 9.59 Å². The average molecular weight is 496 g/mol. The minimum Gasteiger partial charge on any atom is -0.371 e. The van der Waals surface area contributed by atoms with Crippen molar-refractivity contribution in [3.05, 3.63) is 112 Å². The molecule has 0 radical (unpaired) electrons. The van der Waals surface area contributed by atoms with E-state index in [1.54, 1.807) is 0 Å². The van der Waals surface area contributed by atoms with Gasteiger partial charge in [0.1, 0.15) is 0 Å². The van der Waals surface area contributed by atoms with E-state index in [1.807, 2.05) is 60.0 Å². The maximum atomic E-state index is 13.1. The first-order valence-electron chi connectivity index (χ1n) is 12.3. The molecule has 0 unspecified atom stereocenters. The van der Waals surface area contributed by atoms with Crippen molar-refractivity contribution in [3.63, 3.8) is 0 Å². The van der Waals surface area contributed by atoms with Crippen LogP contribution in [0.3, 0.4) is 0 Å². The van der Waals surface area contributed by atoms with Crippen LogP contribution in [0.1, 0.15) is 38.4 Å². The SMILES string of the molecule is O=C(NC1CCN(c2ccccc2C(=O)NCc2ccc(-c3ccccc3)cc2)CC1)c1cccs1. The van der Waals surface area contributed by atoms with Crippen molar-refractivity contribution in [1.82, 2.24) is 10.6 Å². The van der Waals surface area contributed by atoms with E-state index in [1.165, 1.54) is 16.9 Å². The Labute approximate surface area is 215 Å². The van der Waals surface area contributed by atoms with Crippen molar-refractivity contribution in [2.24, 2.45) is 0 Å². The van der Waals surface area contributed by atoms with Gasteiger partial charge in [-0.1, -0.05) is 72.8 Å². The highest BCUT2D eigenvalue weighted by atomic mass is 32.1. The number of thiophene rings is 1. The molecule has 0 spiro atoms. The molecule has 2 N–H and O–H groups in total. The Kier molecular flexibility index (Phi) is 7.43. The van der Waals surface area contributed by atoms with E-state index in [0.29, 0.717) is 12.1 Å². The number of para-hydroxylation sites is 1. The number of amides is 2. The molecule has 1 aromatic heterocycles. The summed E-state index contributed by atoms with van der Waals surface area (Å²) < 4.78 is 0. The number of anilines is 1. The van der Waals surface area contributed by atoms with Crippen LogP contribution in [-0.4, -0.2) is 30.9 Å². The Morgan fingerprint density at radius 3 is 2.19 bits per heavy atom. The standard InChI is InChI=1S/C30H29N3O2S/c34-29(31-21-22-12-14-24(15-13-22)23-7-2-1-3-8-23)26-9-4-5-10-27(26)33-18-16-25(17-19-33)32-30(35)28-11-6-20-36-28/h1-15,20,25H,16-19,21H2,(H,31,34)(H,32,35). The van der Waals surface area contributed by atoms with Gasteiger partial charge in [-0.2, -0.15) is 0 Å². The van der Waals surface area contributed by atoms with Gasteiger partial charge in [0.2, 0.25) is 0 Å². The molecule has 0 saturated carbocycles. The maximum Gasteiger partial charge on any atom is 0.261 e. The number of piperidine rings is 1.